The third-order valence-corrected chi connectivity index (χ3v) is 6.99. The molecule has 0 saturated carbocycles. The van der Waals surface area contributed by atoms with Gasteiger partial charge in [0.25, 0.3) is 0 Å². The molecule has 0 aliphatic rings. The summed E-state index contributed by atoms with van der Waals surface area (Å²) in [5.74, 6) is 0. The van der Waals surface area contributed by atoms with Crippen LogP contribution in [0.4, 0.5) is 17.1 Å². The topological polar surface area (TPSA) is 3.24 Å². The zero-order valence-electron chi connectivity index (χ0n) is 19.2. The summed E-state index contributed by atoms with van der Waals surface area (Å²) in [6, 6.07) is 50.4. The largest absolute Gasteiger partial charge is 0.309 e. The maximum Gasteiger partial charge on any atom is 0.0546 e. The minimum absolute atomic E-state index is 1.15. The van der Waals surface area contributed by atoms with Crippen molar-refractivity contribution in [3.63, 3.8) is 0 Å². The van der Waals surface area contributed by atoms with E-state index >= 15 is 0 Å². The van der Waals surface area contributed by atoms with Gasteiger partial charge in [-0.15, -0.1) is 0 Å². The fraction of sp³-hybridized carbons (Fsp3) is 0. The maximum absolute atomic E-state index is 2.43. The molecule has 0 N–H and O–H groups in total. The molecule has 0 saturated heterocycles. The molecule has 0 bridgehead atoms. The molecule has 0 radical (unpaired) electrons. The van der Waals surface area contributed by atoms with Crippen molar-refractivity contribution in [1.82, 2.24) is 0 Å². The first-order valence-electron chi connectivity index (χ1n) is 12.0. The van der Waals surface area contributed by atoms with Crippen LogP contribution in [0.2, 0.25) is 0 Å². The average Bonchev–Trinajstić information content (AvgIpc) is 2.93. The highest BCUT2D eigenvalue weighted by Gasteiger charge is 2.19. The first-order valence-corrected chi connectivity index (χ1v) is 12.0. The molecule has 7 aromatic carbocycles. The third kappa shape index (κ3) is 3.25. The minimum Gasteiger partial charge on any atom is -0.309 e. The molecule has 1 nitrogen and oxygen atoms in total. The highest BCUT2D eigenvalue weighted by molar-refractivity contribution is 6.15. The van der Waals surface area contributed by atoms with Gasteiger partial charge in [-0.2, -0.15) is 0 Å². The maximum atomic E-state index is 2.43. The number of benzene rings is 7. The van der Waals surface area contributed by atoms with Gasteiger partial charge in [-0.1, -0.05) is 115 Å². The van der Waals surface area contributed by atoms with E-state index in [1.807, 2.05) is 0 Å². The van der Waals surface area contributed by atoms with Crippen molar-refractivity contribution in [2.45, 2.75) is 0 Å². The normalized spacial score (nSPS) is 11.4. The molecule has 7 aromatic rings. The van der Waals surface area contributed by atoms with Gasteiger partial charge in [0, 0.05) is 16.5 Å². The highest BCUT2D eigenvalue weighted by atomic mass is 15.1. The van der Waals surface area contributed by atoms with Gasteiger partial charge in [-0.05, 0) is 56.6 Å². The van der Waals surface area contributed by atoms with Crippen LogP contribution in [0.1, 0.15) is 0 Å². The highest BCUT2D eigenvalue weighted by Crippen LogP contribution is 2.44. The summed E-state index contributed by atoms with van der Waals surface area (Å²) < 4.78 is 0. The van der Waals surface area contributed by atoms with E-state index < -0.39 is 0 Å². The molecule has 7 rings (SSSR count). The molecule has 0 amide bonds. The lowest BCUT2D eigenvalue weighted by Gasteiger charge is -2.29. The fourth-order valence-corrected chi connectivity index (χ4v) is 5.35. The van der Waals surface area contributed by atoms with E-state index in [1.165, 1.54) is 54.5 Å². The Hall–Kier alpha value is -4.62. The van der Waals surface area contributed by atoms with Crippen molar-refractivity contribution < 1.29 is 0 Å². The van der Waals surface area contributed by atoms with Crippen molar-refractivity contribution in [3.05, 3.63) is 140 Å². The molecular formula is C34H23N. The van der Waals surface area contributed by atoms with Gasteiger partial charge in [0.1, 0.15) is 0 Å². The van der Waals surface area contributed by atoms with Crippen LogP contribution in [0.5, 0.6) is 0 Å². The predicted molar refractivity (Wildman–Crippen MR) is 151 cm³/mol. The Kier molecular flexibility index (Phi) is 4.53. The Balaban J connectivity index is 1.61. The molecule has 0 spiro atoms. The Bertz CT molecular complexity index is 1860. The Morgan fingerprint density at radius 2 is 0.914 bits per heavy atom. The summed E-state index contributed by atoms with van der Waals surface area (Å²) >= 11 is 0. The molecule has 0 atom stereocenters. The van der Waals surface area contributed by atoms with Gasteiger partial charge < -0.3 is 4.90 Å². The fourth-order valence-electron chi connectivity index (χ4n) is 5.35. The molecule has 164 valence electrons. The SMILES string of the molecule is c1ccc2cc(N(c3cccc4ccccc34)c3cc4ccccc4c4ccccc34)ccc2c1. The van der Waals surface area contributed by atoms with Crippen LogP contribution in [0.25, 0.3) is 43.1 Å². The van der Waals surface area contributed by atoms with Gasteiger partial charge in [0.05, 0.1) is 11.4 Å². The van der Waals surface area contributed by atoms with Gasteiger partial charge in [-0.3, -0.25) is 0 Å². The van der Waals surface area contributed by atoms with Gasteiger partial charge in [0.2, 0.25) is 0 Å². The first kappa shape index (κ1) is 19.8. The number of anilines is 3. The van der Waals surface area contributed by atoms with Crippen molar-refractivity contribution in [3.8, 4) is 0 Å². The second-order valence-corrected chi connectivity index (χ2v) is 9.03. The molecule has 0 heterocycles. The second kappa shape index (κ2) is 8.00. The first-order chi connectivity index (χ1) is 17.4. The summed E-state index contributed by atoms with van der Waals surface area (Å²) in [4.78, 5) is 2.43. The number of hydrogen-bond donors (Lipinski definition) is 0. The van der Waals surface area contributed by atoms with E-state index in [9.17, 15) is 0 Å². The summed E-state index contributed by atoms with van der Waals surface area (Å²) in [5.41, 5.74) is 3.52. The van der Waals surface area contributed by atoms with Gasteiger partial charge >= 0.3 is 0 Å². The van der Waals surface area contributed by atoms with Crippen molar-refractivity contribution in [2.75, 3.05) is 4.90 Å². The van der Waals surface area contributed by atoms with Crippen LogP contribution in [0.3, 0.4) is 0 Å². The number of rotatable bonds is 3. The molecule has 0 fully saturated rings. The summed E-state index contributed by atoms with van der Waals surface area (Å²) in [7, 11) is 0. The Labute approximate surface area is 204 Å². The smallest absolute Gasteiger partial charge is 0.0546 e. The Morgan fingerprint density at radius 3 is 1.74 bits per heavy atom. The van der Waals surface area contributed by atoms with E-state index in [2.05, 4.69) is 144 Å². The quantitative estimate of drug-likeness (QED) is 0.245. The molecule has 0 unspecified atom stereocenters. The summed E-state index contributed by atoms with van der Waals surface area (Å²) in [5, 5.41) is 9.99. The Morgan fingerprint density at radius 1 is 0.314 bits per heavy atom. The van der Waals surface area contributed by atoms with E-state index in [1.54, 1.807) is 0 Å². The van der Waals surface area contributed by atoms with E-state index in [4.69, 9.17) is 0 Å². The number of hydrogen-bond acceptors (Lipinski definition) is 1. The van der Waals surface area contributed by atoms with Crippen molar-refractivity contribution in [1.29, 1.82) is 0 Å². The summed E-state index contributed by atoms with van der Waals surface area (Å²) in [6.45, 7) is 0. The van der Waals surface area contributed by atoms with Crippen LogP contribution in [-0.2, 0) is 0 Å². The third-order valence-electron chi connectivity index (χ3n) is 6.99. The monoisotopic (exact) mass is 445 g/mol. The van der Waals surface area contributed by atoms with Crippen LogP contribution >= 0.6 is 0 Å². The molecule has 0 aliphatic carbocycles. The van der Waals surface area contributed by atoms with Crippen molar-refractivity contribution >= 4 is 60.2 Å². The van der Waals surface area contributed by atoms with Crippen LogP contribution in [0.15, 0.2) is 140 Å². The summed E-state index contributed by atoms with van der Waals surface area (Å²) in [6.07, 6.45) is 0. The van der Waals surface area contributed by atoms with Crippen LogP contribution < -0.4 is 4.90 Å². The predicted octanol–water partition coefficient (Wildman–Crippen LogP) is 9.77. The molecule has 0 aliphatic heterocycles. The van der Waals surface area contributed by atoms with Gasteiger partial charge in [0.15, 0.2) is 0 Å². The van der Waals surface area contributed by atoms with Crippen molar-refractivity contribution in [2.24, 2.45) is 0 Å². The lowest BCUT2D eigenvalue weighted by molar-refractivity contribution is 1.32. The number of fused-ring (bicyclic) bond motifs is 5. The standard InChI is InChI=1S/C34H23N/c1-2-12-26-22-28(21-20-24(26)10-1)35(33-19-9-14-25-11-3-6-16-30(25)33)34-23-27-13-4-5-15-29(27)31-17-7-8-18-32(31)34/h1-23H. The van der Waals surface area contributed by atoms with Crippen LogP contribution in [0, 0.1) is 0 Å². The lowest BCUT2D eigenvalue weighted by atomic mass is 9.98. The zero-order chi connectivity index (χ0) is 23.2. The molecule has 1 heteroatoms. The van der Waals surface area contributed by atoms with Crippen LogP contribution in [-0.4, -0.2) is 0 Å². The number of nitrogens with zero attached hydrogens (tertiary/aromatic N) is 1. The minimum atomic E-state index is 1.15. The zero-order valence-corrected chi connectivity index (χ0v) is 19.2. The van der Waals surface area contributed by atoms with Gasteiger partial charge in [-0.25, -0.2) is 0 Å². The second-order valence-electron chi connectivity index (χ2n) is 9.03. The molecular weight excluding hydrogens is 422 g/mol. The van der Waals surface area contributed by atoms with E-state index in [-0.39, 0.29) is 0 Å². The lowest BCUT2D eigenvalue weighted by Crippen LogP contribution is -2.11. The average molecular weight is 446 g/mol. The molecule has 0 aromatic heterocycles. The van der Waals surface area contributed by atoms with E-state index in [0.717, 1.165) is 5.69 Å². The molecule has 35 heavy (non-hydrogen) atoms. The van der Waals surface area contributed by atoms with E-state index in [0.29, 0.717) is 0 Å².